The Morgan fingerprint density at radius 1 is 1.07 bits per heavy atom. The number of hydrogen-bond donors (Lipinski definition) is 2. The van der Waals surface area contributed by atoms with Gasteiger partial charge in [-0.2, -0.15) is 13.2 Å². The van der Waals surface area contributed by atoms with Crippen molar-refractivity contribution in [3.63, 3.8) is 0 Å². The van der Waals surface area contributed by atoms with Crippen LogP contribution in [0, 0.1) is 0 Å². The summed E-state index contributed by atoms with van der Waals surface area (Å²) in [6.45, 7) is 9.96. The standard InChI is InChI=1S/C25H25F3N2/c1-4-5-19-6-8-20(9-7-19)15-21-10-11-22(25(26,27)28)16-24(21)18(3)30-23-12-13-29-17(2)14-23/h6-14,16,29-30H,2-5,15H2,1H3. The predicted octanol–water partition coefficient (Wildman–Crippen LogP) is 6.32. The van der Waals surface area contributed by atoms with Gasteiger partial charge in [0.15, 0.2) is 0 Å². The molecule has 5 heteroatoms. The van der Waals surface area contributed by atoms with E-state index in [-0.39, 0.29) is 0 Å². The SMILES string of the molecule is C=C1C=C(NC(=C)c2cc(C(F)(F)F)ccc2Cc2ccc(CCC)cc2)C=CN1. The van der Waals surface area contributed by atoms with Gasteiger partial charge >= 0.3 is 6.18 Å². The third-order valence-corrected chi connectivity index (χ3v) is 4.88. The summed E-state index contributed by atoms with van der Waals surface area (Å²) in [5.41, 5.74) is 4.62. The van der Waals surface area contributed by atoms with Crippen LogP contribution in [0.5, 0.6) is 0 Å². The Morgan fingerprint density at radius 3 is 2.40 bits per heavy atom. The van der Waals surface area contributed by atoms with Gasteiger partial charge < -0.3 is 10.6 Å². The maximum atomic E-state index is 13.3. The summed E-state index contributed by atoms with van der Waals surface area (Å²) in [4.78, 5) is 0. The Kier molecular flexibility index (Phi) is 6.50. The molecule has 156 valence electrons. The smallest absolute Gasteiger partial charge is 0.362 e. The first kappa shape index (κ1) is 21.5. The van der Waals surface area contributed by atoms with E-state index in [0.29, 0.717) is 29.1 Å². The first-order valence-corrected chi connectivity index (χ1v) is 9.84. The number of dihydropyridines is 1. The Morgan fingerprint density at radius 2 is 1.77 bits per heavy atom. The summed E-state index contributed by atoms with van der Waals surface area (Å²) in [7, 11) is 0. The summed E-state index contributed by atoms with van der Waals surface area (Å²) in [5.74, 6) is 0. The highest BCUT2D eigenvalue weighted by molar-refractivity contribution is 5.68. The molecule has 0 atom stereocenters. The molecule has 0 aliphatic carbocycles. The van der Waals surface area contributed by atoms with Crippen molar-refractivity contribution < 1.29 is 13.2 Å². The molecular weight excluding hydrogens is 385 g/mol. The lowest BCUT2D eigenvalue weighted by Crippen LogP contribution is -2.17. The van der Waals surface area contributed by atoms with Gasteiger partial charge in [0.25, 0.3) is 0 Å². The predicted molar refractivity (Wildman–Crippen MR) is 116 cm³/mol. The largest absolute Gasteiger partial charge is 0.416 e. The molecule has 0 bridgehead atoms. The number of benzene rings is 2. The van der Waals surface area contributed by atoms with Crippen molar-refractivity contribution in [1.82, 2.24) is 10.6 Å². The minimum Gasteiger partial charge on any atom is -0.362 e. The van der Waals surface area contributed by atoms with Crippen LogP contribution in [0.4, 0.5) is 13.2 Å². The molecule has 1 aliphatic heterocycles. The fraction of sp³-hybridized carbons (Fsp3) is 0.200. The van der Waals surface area contributed by atoms with E-state index >= 15 is 0 Å². The van der Waals surface area contributed by atoms with Crippen molar-refractivity contribution in [2.45, 2.75) is 32.4 Å². The van der Waals surface area contributed by atoms with Crippen LogP contribution in [0.25, 0.3) is 5.70 Å². The van der Waals surface area contributed by atoms with E-state index in [4.69, 9.17) is 0 Å². The summed E-state index contributed by atoms with van der Waals surface area (Å²) in [6.07, 6.45) is 3.43. The number of rotatable bonds is 7. The maximum Gasteiger partial charge on any atom is 0.416 e. The summed E-state index contributed by atoms with van der Waals surface area (Å²) >= 11 is 0. The molecule has 0 radical (unpaired) electrons. The van der Waals surface area contributed by atoms with E-state index in [9.17, 15) is 13.2 Å². The number of alkyl halides is 3. The van der Waals surface area contributed by atoms with Crippen LogP contribution in [0.3, 0.4) is 0 Å². The third-order valence-electron chi connectivity index (χ3n) is 4.88. The van der Waals surface area contributed by atoms with Gasteiger partial charge in [0.1, 0.15) is 0 Å². The van der Waals surface area contributed by atoms with Crippen LogP contribution in [0.2, 0.25) is 0 Å². The quantitative estimate of drug-likeness (QED) is 0.558. The number of halogens is 3. The lowest BCUT2D eigenvalue weighted by molar-refractivity contribution is -0.137. The second-order valence-corrected chi connectivity index (χ2v) is 7.32. The Labute approximate surface area is 175 Å². The van der Waals surface area contributed by atoms with E-state index in [0.717, 1.165) is 36.1 Å². The second kappa shape index (κ2) is 9.08. The summed E-state index contributed by atoms with van der Waals surface area (Å²) < 4.78 is 40.0. The summed E-state index contributed by atoms with van der Waals surface area (Å²) in [5, 5.41) is 6.05. The molecule has 0 fully saturated rings. The van der Waals surface area contributed by atoms with Gasteiger partial charge in [-0.25, -0.2) is 0 Å². The van der Waals surface area contributed by atoms with Crippen molar-refractivity contribution in [1.29, 1.82) is 0 Å². The molecular formula is C25H25F3N2. The van der Waals surface area contributed by atoms with E-state index < -0.39 is 11.7 Å². The van der Waals surface area contributed by atoms with Gasteiger partial charge in [0.05, 0.1) is 5.56 Å². The number of nitrogens with one attached hydrogen (secondary N) is 2. The minimum atomic E-state index is -4.42. The first-order valence-electron chi connectivity index (χ1n) is 9.84. The monoisotopic (exact) mass is 410 g/mol. The van der Waals surface area contributed by atoms with Gasteiger partial charge in [-0.15, -0.1) is 0 Å². The number of aryl methyl sites for hydroxylation is 1. The average molecular weight is 410 g/mol. The van der Waals surface area contributed by atoms with Crippen molar-refractivity contribution in [2.75, 3.05) is 0 Å². The Hall–Kier alpha value is -3.21. The van der Waals surface area contributed by atoms with Crippen LogP contribution < -0.4 is 10.6 Å². The molecule has 1 heterocycles. The molecule has 2 aromatic rings. The van der Waals surface area contributed by atoms with Crippen LogP contribution >= 0.6 is 0 Å². The molecule has 0 unspecified atom stereocenters. The van der Waals surface area contributed by atoms with Gasteiger partial charge in [-0.3, -0.25) is 0 Å². The van der Waals surface area contributed by atoms with Crippen molar-refractivity contribution in [3.8, 4) is 0 Å². The zero-order chi connectivity index (χ0) is 21.7. The molecule has 2 aromatic carbocycles. The van der Waals surface area contributed by atoms with Crippen LogP contribution in [0.15, 0.2) is 85.4 Å². The second-order valence-electron chi connectivity index (χ2n) is 7.32. The lowest BCUT2D eigenvalue weighted by atomic mass is 9.95. The Balaban J connectivity index is 1.91. The number of hydrogen-bond acceptors (Lipinski definition) is 2. The fourth-order valence-electron chi connectivity index (χ4n) is 3.36. The van der Waals surface area contributed by atoms with Gasteiger partial charge in [0, 0.05) is 28.9 Å². The van der Waals surface area contributed by atoms with Crippen molar-refractivity contribution in [2.24, 2.45) is 0 Å². The van der Waals surface area contributed by atoms with Crippen molar-refractivity contribution in [3.05, 3.63) is 113 Å². The molecule has 2 N–H and O–H groups in total. The van der Waals surface area contributed by atoms with Crippen molar-refractivity contribution >= 4 is 5.70 Å². The van der Waals surface area contributed by atoms with Crippen LogP contribution in [-0.2, 0) is 19.0 Å². The van der Waals surface area contributed by atoms with Crippen LogP contribution in [-0.4, -0.2) is 0 Å². The van der Waals surface area contributed by atoms with Gasteiger partial charge in [-0.05, 0) is 53.8 Å². The molecule has 30 heavy (non-hydrogen) atoms. The Bertz CT molecular complexity index is 996. The molecule has 0 spiro atoms. The third kappa shape index (κ3) is 5.44. The van der Waals surface area contributed by atoms with E-state index in [2.05, 4.69) is 42.8 Å². The lowest BCUT2D eigenvalue weighted by Gasteiger charge is -2.19. The number of allylic oxidation sites excluding steroid dienone is 2. The van der Waals surface area contributed by atoms with E-state index in [1.807, 2.05) is 12.1 Å². The molecule has 0 saturated carbocycles. The normalized spacial score (nSPS) is 13.6. The topological polar surface area (TPSA) is 24.1 Å². The molecule has 0 aromatic heterocycles. The summed E-state index contributed by atoms with van der Waals surface area (Å²) in [6, 6.07) is 12.0. The molecule has 0 amide bonds. The van der Waals surface area contributed by atoms with E-state index in [1.54, 1.807) is 18.4 Å². The molecule has 0 saturated heterocycles. The average Bonchev–Trinajstić information content (AvgIpc) is 2.69. The van der Waals surface area contributed by atoms with Gasteiger partial charge in [0.2, 0.25) is 0 Å². The zero-order valence-electron chi connectivity index (χ0n) is 16.9. The molecule has 1 aliphatic rings. The highest BCUT2D eigenvalue weighted by Crippen LogP contribution is 2.33. The maximum absolute atomic E-state index is 13.3. The first-order chi connectivity index (χ1) is 14.3. The minimum absolute atomic E-state index is 0.407. The highest BCUT2D eigenvalue weighted by Gasteiger charge is 2.31. The molecule has 3 rings (SSSR count). The zero-order valence-corrected chi connectivity index (χ0v) is 16.9. The molecule has 2 nitrogen and oxygen atoms in total. The fourth-order valence-corrected chi connectivity index (χ4v) is 3.36. The highest BCUT2D eigenvalue weighted by atomic mass is 19.4. The van der Waals surface area contributed by atoms with Gasteiger partial charge in [-0.1, -0.05) is 56.8 Å². The van der Waals surface area contributed by atoms with E-state index in [1.165, 1.54) is 11.6 Å². The van der Waals surface area contributed by atoms with Crippen LogP contribution in [0.1, 0.15) is 41.2 Å².